The molecule has 2 aromatic heterocycles. The van der Waals surface area contributed by atoms with Crippen LogP contribution in [0.4, 0.5) is 11.6 Å². The third-order valence-electron chi connectivity index (χ3n) is 4.98. The van der Waals surface area contributed by atoms with E-state index in [1.807, 2.05) is 24.6 Å². The van der Waals surface area contributed by atoms with E-state index in [0.717, 1.165) is 11.1 Å². The maximum Gasteiger partial charge on any atom is 0.210 e. The first-order chi connectivity index (χ1) is 19.3. The normalized spacial score (nSPS) is 10.5. The number of aldehydes is 1. The summed E-state index contributed by atoms with van der Waals surface area (Å²) in [4.78, 5) is 19.4. The summed E-state index contributed by atoms with van der Waals surface area (Å²) in [5.41, 5.74) is 2.28. The summed E-state index contributed by atoms with van der Waals surface area (Å²) < 4.78 is 0. The molecule has 0 aliphatic heterocycles. The van der Waals surface area contributed by atoms with Crippen molar-refractivity contribution in [3.05, 3.63) is 79.0 Å². The lowest BCUT2D eigenvalue weighted by Gasteiger charge is -2.10. The van der Waals surface area contributed by atoms with Crippen LogP contribution >= 0.6 is 69.9 Å². The SMILES string of the molecule is CSc1nnc(C=O)c(NCc2ccc(Cl)cc2Cl)n1.CSc1nnc(CO)c(NCc2ccc(Cl)cc2Cl)n1. The first-order valence-corrected chi connectivity index (χ1v) is 15.2. The summed E-state index contributed by atoms with van der Waals surface area (Å²) in [5.74, 6) is 0.878. The van der Waals surface area contributed by atoms with Crippen LogP contribution in [-0.2, 0) is 19.7 Å². The van der Waals surface area contributed by atoms with E-state index in [9.17, 15) is 9.90 Å². The number of nitrogens with zero attached hydrogens (tertiary/aromatic N) is 6. The summed E-state index contributed by atoms with van der Waals surface area (Å²) in [5, 5.41) is 34.0. The predicted molar refractivity (Wildman–Crippen MR) is 162 cm³/mol. The Morgan fingerprint density at radius 3 is 1.75 bits per heavy atom. The van der Waals surface area contributed by atoms with Crippen molar-refractivity contribution < 1.29 is 9.90 Å². The lowest BCUT2D eigenvalue weighted by molar-refractivity contribution is 0.111. The zero-order chi connectivity index (χ0) is 29.1. The van der Waals surface area contributed by atoms with E-state index in [1.165, 1.54) is 23.5 Å². The zero-order valence-electron chi connectivity index (χ0n) is 21.0. The molecule has 0 bridgehead atoms. The Hall–Kier alpha value is -2.45. The molecule has 0 aliphatic rings. The Morgan fingerprint density at radius 1 is 0.775 bits per heavy atom. The van der Waals surface area contributed by atoms with Gasteiger partial charge in [-0.25, -0.2) is 9.97 Å². The van der Waals surface area contributed by atoms with E-state index in [1.54, 1.807) is 24.3 Å². The number of carbonyl (C=O) groups excluding carboxylic acids is 1. The van der Waals surface area contributed by atoms with E-state index in [0.29, 0.717) is 67.1 Å². The number of thioether (sulfide) groups is 2. The van der Waals surface area contributed by atoms with Gasteiger partial charge in [0.1, 0.15) is 5.69 Å². The third-order valence-corrected chi connectivity index (χ3v) is 7.23. The molecule has 0 fully saturated rings. The Labute approximate surface area is 259 Å². The van der Waals surface area contributed by atoms with Crippen LogP contribution in [0.5, 0.6) is 0 Å². The molecule has 0 saturated heterocycles. The second kappa shape index (κ2) is 16.1. The molecule has 4 aromatic rings. The number of carbonyl (C=O) groups is 1. The molecule has 0 amide bonds. The second-order valence-corrected chi connectivity index (χ2v) is 10.8. The van der Waals surface area contributed by atoms with E-state index in [4.69, 9.17) is 46.4 Å². The zero-order valence-corrected chi connectivity index (χ0v) is 25.7. The number of rotatable bonds is 10. The van der Waals surface area contributed by atoms with Crippen molar-refractivity contribution in [3.63, 3.8) is 0 Å². The van der Waals surface area contributed by atoms with Gasteiger partial charge >= 0.3 is 0 Å². The topological polar surface area (TPSA) is 139 Å². The molecule has 4 rings (SSSR count). The fourth-order valence-corrected chi connectivity index (χ4v) is 4.53. The Kier molecular flexibility index (Phi) is 12.9. The van der Waals surface area contributed by atoms with Crippen LogP contribution in [-0.4, -0.2) is 54.3 Å². The van der Waals surface area contributed by atoms with Crippen LogP contribution in [0.15, 0.2) is 46.7 Å². The Bertz CT molecular complexity index is 1470. The first kappa shape index (κ1) is 32.1. The van der Waals surface area contributed by atoms with Gasteiger partial charge in [-0.05, 0) is 47.9 Å². The number of nitrogens with one attached hydrogen (secondary N) is 2. The van der Waals surface area contributed by atoms with Gasteiger partial charge in [0.2, 0.25) is 10.3 Å². The van der Waals surface area contributed by atoms with Crippen molar-refractivity contribution in [2.45, 2.75) is 30.0 Å². The standard InChI is InChI=1S/C12H12Cl2N4OS.C12H10Cl2N4OS/c2*1-20-12-16-11(10(6-19)17-18-12)15-5-7-2-3-8(13)4-9(7)14/h2-4,19H,5-6H2,1H3,(H,15,16,18);2-4,6H,5H2,1H3,(H,15,16,18). The molecular formula is C24H22Cl4N8O2S2. The van der Waals surface area contributed by atoms with Crippen molar-refractivity contribution in [2.75, 3.05) is 23.1 Å². The quantitative estimate of drug-likeness (QED) is 0.129. The molecule has 0 unspecified atom stereocenters. The molecule has 210 valence electrons. The number of hydrogen-bond donors (Lipinski definition) is 3. The van der Waals surface area contributed by atoms with Crippen LogP contribution in [0.2, 0.25) is 20.1 Å². The van der Waals surface area contributed by atoms with Gasteiger partial charge in [-0.15, -0.1) is 20.4 Å². The number of benzene rings is 2. The minimum atomic E-state index is -0.231. The monoisotopic (exact) mass is 658 g/mol. The molecule has 0 aliphatic carbocycles. The highest BCUT2D eigenvalue weighted by atomic mass is 35.5. The first-order valence-electron chi connectivity index (χ1n) is 11.3. The fraction of sp³-hybridized carbons (Fsp3) is 0.208. The largest absolute Gasteiger partial charge is 0.390 e. The van der Waals surface area contributed by atoms with Crippen LogP contribution < -0.4 is 10.6 Å². The summed E-state index contributed by atoms with van der Waals surface area (Å²) in [6.45, 7) is 0.629. The predicted octanol–water partition coefficient (Wildman–Crippen LogP) is 6.33. The van der Waals surface area contributed by atoms with E-state index in [-0.39, 0.29) is 12.3 Å². The van der Waals surface area contributed by atoms with Gasteiger partial charge in [0.15, 0.2) is 23.6 Å². The summed E-state index contributed by atoms with van der Waals surface area (Å²) >= 11 is 26.6. The molecule has 2 heterocycles. The van der Waals surface area contributed by atoms with Gasteiger partial charge in [-0.3, -0.25) is 4.79 Å². The molecule has 2 aromatic carbocycles. The van der Waals surface area contributed by atoms with Gasteiger partial charge in [-0.1, -0.05) is 82.1 Å². The average molecular weight is 660 g/mol. The maximum absolute atomic E-state index is 10.9. The molecule has 40 heavy (non-hydrogen) atoms. The molecule has 10 nitrogen and oxygen atoms in total. The van der Waals surface area contributed by atoms with E-state index in [2.05, 4.69) is 41.0 Å². The van der Waals surface area contributed by atoms with Gasteiger partial charge in [-0.2, -0.15) is 0 Å². The van der Waals surface area contributed by atoms with Crippen LogP contribution in [0, 0.1) is 0 Å². The van der Waals surface area contributed by atoms with Gasteiger partial charge < -0.3 is 15.7 Å². The van der Waals surface area contributed by atoms with Crippen molar-refractivity contribution in [3.8, 4) is 0 Å². The summed E-state index contributed by atoms with van der Waals surface area (Å²) in [7, 11) is 0. The highest BCUT2D eigenvalue weighted by Crippen LogP contribution is 2.24. The molecule has 16 heteroatoms. The van der Waals surface area contributed by atoms with E-state index < -0.39 is 0 Å². The molecule has 0 saturated carbocycles. The highest BCUT2D eigenvalue weighted by molar-refractivity contribution is 7.98. The Balaban J connectivity index is 0.000000220. The van der Waals surface area contributed by atoms with Crippen molar-refractivity contribution >= 4 is 87.8 Å². The minimum absolute atomic E-state index is 0.160. The van der Waals surface area contributed by atoms with Crippen molar-refractivity contribution in [2.24, 2.45) is 0 Å². The van der Waals surface area contributed by atoms with Gasteiger partial charge in [0.05, 0.1) is 6.61 Å². The lowest BCUT2D eigenvalue weighted by atomic mass is 10.2. The average Bonchev–Trinajstić information content (AvgIpc) is 2.96. The fourth-order valence-electron chi connectivity index (χ4n) is 2.97. The number of aromatic nitrogens is 6. The number of hydrogen-bond acceptors (Lipinski definition) is 12. The number of halogens is 4. The molecular weight excluding hydrogens is 638 g/mol. The Morgan fingerprint density at radius 2 is 1.27 bits per heavy atom. The summed E-state index contributed by atoms with van der Waals surface area (Å²) in [6.07, 6.45) is 4.29. The number of aliphatic hydroxyl groups excluding tert-OH is 1. The lowest BCUT2D eigenvalue weighted by Crippen LogP contribution is -2.09. The summed E-state index contributed by atoms with van der Waals surface area (Å²) in [6, 6.07) is 10.5. The van der Waals surface area contributed by atoms with Crippen molar-refractivity contribution in [1.29, 1.82) is 0 Å². The minimum Gasteiger partial charge on any atom is -0.390 e. The molecule has 0 radical (unpaired) electrons. The van der Waals surface area contributed by atoms with Gasteiger partial charge in [0.25, 0.3) is 0 Å². The van der Waals surface area contributed by atoms with E-state index >= 15 is 0 Å². The van der Waals surface area contributed by atoms with Crippen LogP contribution in [0.1, 0.15) is 27.3 Å². The third kappa shape index (κ3) is 9.30. The molecule has 0 spiro atoms. The second-order valence-electron chi connectivity index (χ2n) is 7.58. The van der Waals surface area contributed by atoms with Crippen LogP contribution in [0.25, 0.3) is 0 Å². The highest BCUT2D eigenvalue weighted by Gasteiger charge is 2.10. The van der Waals surface area contributed by atoms with Gasteiger partial charge in [0, 0.05) is 33.2 Å². The number of aliphatic hydroxyl groups is 1. The van der Waals surface area contributed by atoms with Crippen molar-refractivity contribution in [1.82, 2.24) is 30.4 Å². The molecule has 0 atom stereocenters. The maximum atomic E-state index is 10.9. The smallest absolute Gasteiger partial charge is 0.210 e. The molecule has 3 N–H and O–H groups in total. The number of anilines is 2. The van der Waals surface area contributed by atoms with Crippen LogP contribution in [0.3, 0.4) is 0 Å².